The Labute approximate surface area is 176 Å². The van der Waals surface area contributed by atoms with Gasteiger partial charge in [-0.2, -0.15) is 0 Å². The number of carbonyl (C=O) groups excluding carboxylic acids is 1. The van der Waals surface area contributed by atoms with Crippen molar-refractivity contribution in [2.75, 3.05) is 11.9 Å². The maximum Gasteiger partial charge on any atom is 0.254 e. The Bertz CT molecular complexity index is 1140. The number of nitrogens with zero attached hydrogens (tertiary/aromatic N) is 3. The zero-order valence-electron chi connectivity index (χ0n) is 16.6. The number of terminal acetylenes is 1. The Morgan fingerprint density at radius 3 is 2.67 bits per heavy atom. The third-order valence-electron chi connectivity index (χ3n) is 5.88. The number of hydrogen-bond donors (Lipinski definition) is 1. The molecule has 0 unspecified atom stereocenters. The molecule has 148 valence electrons. The van der Waals surface area contributed by atoms with Gasteiger partial charge in [0.15, 0.2) is 0 Å². The topological polar surface area (TPSA) is 58.1 Å². The van der Waals surface area contributed by atoms with Crippen LogP contribution >= 0.6 is 0 Å². The van der Waals surface area contributed by atoms with Crippen molar-refractivity contribution in [2.45, 2.75) is 31.8 Å². The second kappa shape index (κ2) is 7.64. The van der Waals surface area contributed by atoms with Crippen molar-refractivity contribution >= 4 is 11.9 Å². The van der Waals surface area contributed by atoms with Crippen LogP contribution < -0.4 is 5.32 Å². The quantitative estimate of drug-likeness (QED) is 0.693. The molecule has 5 rings (SSSR count). The van der Waals surface area contributed by atoms with Gasteiger partial charge in [-0.05, 0) is 42.2 Å². The fourth-order valence-electron chi connectivity index (χ4n) is 4.33. The molecule has 30 heavy (non-hydrogen) atoms. The molecule has 2 aliphatic rings. The summed E-state index contributed by atoms with van der Waals surface area (Å²) < 4.78 is 0. The highest BCUT2D eigenvalue weighted by molar-refractivity contribution is 5.94. The molecule has 0 fully saturated rings. The van der Waals surface area contributed by atoms with Crippen LogP contribution in [-0.2, 0) is 25.8 Å². The van der Waals surface area contributed by atoms with E-state index in [-0.39, 0.29) is 5.91 Å². The Morgan fingerprint density at radius 2 is 1.90 bits per heavy atom. The minimum absolute atomic E-state index is 0.0105. The molecular formula is C25H22N4O. The van der Waals surface area contributed by atoms with Crippen molar-refractivity contribution in [1.82, 2.24) is 14.9 Å². The summed E-state index contributed by atoms with van der Waals surface area (Å²) in [7, 11) is 0. The molecule has 0 saturated heterocycles. The van der Waals surface area contributed by atoms with Crippen molar-refractivity contribution in [1.29, 1.82) is 0 Å². The fourth-order valence-corrected chi connectivity index (χ4v) is 4.33. The highest BCUT2D eigenvalue weighted by atomic mass is 16.2. The van der Waals surface area contributed by atoms with Gasteiger partial charge in [0.25, 0.3) is 5.91 Å². The van der Waals surface area contributed by atoms with Crippen molar-refractivity contribution in [2.24, 2.45) is 0 Å². The van der Waals surface area contributed by atoms with Gasteiger partial charge in [0.05, 0.1) is 5.69 Å². The summed E-state index contributed by atoms with van der Waals surface area (Å²) in [5.41, 5.74) is 6.15. The molecule has 2 heterocycles. The highest BCUT2D eigenvalue weighted by Gasteiger charge is 2.25. The van der Waals surface area contributed by atoms with Gasteiger partial charge in [-0.1, -0.05) is 36.3 Å². The molecule has 1 aliphatic carbocycles. The largest absolute Gasteiger partial charge is 0.351 e. The van der Waals surface area contributed by atoms with Gasteiger partial charge in [-0.25, -0.2) is 9.97 Å². The zero-order chi connectivity index (χ0) is 20.5. The van der Waals surface area contributed by atoms with E-state index >= 15 is 0 Å². The Morgan fingerprint density at radius 1 is 1.10 bits per heavy atom. The Balaban J connectivity index is 1.27. The van der Waals surface area contributed by atoms with Crippen LogP contribution in [-0.4, -0.2) is 33.4 Å². The van der Waals surface area contributed by atoms with Gasteiger partial charge in [-0.3, -0.25) is 4.79 Å². The molecule has 3 aromatic rings. The smallest absolute Gasteiger partial charge is 0.254 e. The molecular weight excluding hydrogens is 372 g/mol. The first kappa shape index (κ1) is 18.4. The van der Waals surface area contributed by atoms with E-state index in [2.05, 4.69) is 40.5 Å². The van der Waals surface area contributed by atoms with Gasteiger partial charge >= 0.3 is 0 Å². The van der Waals surface area contributed by atoms with E-state index in [1.54, 1.807) is 6.07 Å². The van der Waals surface area contributed by atoms with Crippen LogP contribution in [0.15, 0.2) is 54.7 Å². The van der Waals surface area contributed by atoms with Crippen molar-refractivity contribution in [3.63, 3.8) is 0 Å². The normalized spacial score (nSPS) is 15.2. The summed E-state index contributed by atoms with van der Waals surface area (Å²) in [6.07, 6.45) is 10.0. The van der Waals surface area contributed by atoms with Gasteiger partial charge in [-0.15, -0.1) is 6.42 Å². The number of rotatable bonds is 3. The standard InChI is InChI=1S/C25H22N4O/c1-2-17-6-5-9-20(12-17)24(30)29-11-10-23-21(16-29)15-26-25(28-23)27-22-13-18-7-3-4-8-19(18)14-22/h1,3-9,12,15,22H,10-11,13-14,16H2,(H,26,27,28). The Kier molecular flexibility index (Phi) is 4.68. The lowest BCUT2D eigenvalue weighted by Crippen LogP contribution is -2.36. The van der Waals surface area contributed by atoms with Crippen molar-refractivity contribution in [3.05, 3.63) is 88.2 Å². The third-order valence-corrected chi connectivity index (χ3v) is 5.88. The molecule has 0 spiro atoms. The minimum atomic E-state index is -0.0105. The third kappa shape index (κ3) is 3.53. The van der Waals surface area contributed by atoms with Crippen LogP contribution in [0.1, 0.15) is 38.3 Å². The maximum atomic E-state index is 12.9. The molecule has 1 aromatic heterocycles. The number of amides is 1. The Hall–Kier alpha value is -3.65. The van der Waals surface area contributed by atoms with E-state index in [1.807, 2.05) is 29.3 Å². The number of aromatic nitrogens is 2. The summed E-state index contributed by atoms with van der Waals surface area (Å²) in [4.78, 5) is 24.0. The number of anilines is 1. The molecule has 1 aliphatic heterocycles. The van der Waals surface area contributed by atoms with E-state index in [4.69, 9.17) is 11.4 Å². The number of nitrogens with one attached hydrogen (secondary N) is 1. The second-order valence-electron chi connectivity index (χ2n) is 7.89. The monoisotopic (exact) mass is 394 g/mol. The van der Waals surface area contributed by atoms with Crippen LogP contribution in [0.3, 0.4) is 0 Å². The first-order valence-electron chi connectivity index (χ1n) is 10.2. The van der Waals surface area contributed by atoms with Gasteiger partial charge in [0, 0.05) is 48.4 Å². The van der Waals surface area contributed by atoms with E-state index in [0.717, 1.165) is 30.5 Å². The molecule has 0 saturated carbocycles. The summed E-state index contributed by atoms with van der Waals surface area (Å²) in [6, 6.07) is 16.1. The summed E-state index contributed by atoms with van der Waals surface area (Å²) >= 11 is 0. The van der Waals surface area contributed by atoms with E-state index in [9.17, 15) is 4.79 Å². The number of fused-ring (bicyclic) bond motifs is 2. The zero-order valence-corrected chi connectivity index (χ0v) is 16.6. The number of benzene rings is 2. The molecule has 0 radical (unpaired) electrons. The summed E-state index contributed by atoms with van der Waals surface area (Å²) in [5, 5.41) is 3.49. The summed E-state index contributed by atoms with van der Waals surface area (Å²) in [5.74, 6) is 3.25. The number of hydrogen-bond acceptors (Lipinski definition) is 4. The first-order chi connectivity index (χ1) is 14.7. The predicted molar refractivity (Wildman–Crippen MR) is 116 cm³/mol. The van der Waals surface area contributed by atoms with Crippen molar-refractivity contribution in [3.8, 4) is 12.3 Å². The highest BCUT2D eigenvalue weighted by Crippen LogP contribution is 2.25. The van der Waals surface area contributed by atoms with Gasteiger partial charge in [0.2, 0.25) is 5.95 Å². The summed E-state index contributed by atoms with van der Waals surface area (Å²) in [6.45, 7) is 1.15. The van der Waals surface area contributed by atoms with Gasteiger partial charge in [0.1, 0.15) is 0 Å². The van der Waals surface area contributed by atoms with Crippen LogP contribution in [0.4, 0.5) is 5.95 Å². The SMILES string of the molecule is C#Cc1cccc(C(=O)N2CCc3nc(NC4Cc5ccccc5C4)ncc3C2)c1. The van der Waals surface area contributed by atoms with E-state index in [1.165, 1.54) is 11.1 Å². The lowest BCUT2D eigenvalue weighted by Gasteiger charge is -2.28. The lowest BCUT2D eigenvalue weighted by atomic mass is 10.0. The van der Waals surface area contributed by atoms with Crippen molar-refractivity contribution < 1.29 is 4.79 Å². The molecule has 0 bridgehead atoms. The minimum Gasteiger partial charge on any atom is -0.351 e. The second-order valence-corrected chi connectivity index (χ2v) is 7.89. The average Bonchev–Trinajstić information content (AvgIpc) is 3.20. The number of carbonyl (C=O) groups is 1. The first-order valence-corrected chi connectivity index (χ1v) is 10.2. The molecule has 1 N–H and O–H groups in total. The van der Waals surface area contributed by atoms with Crippen LogP contribution in [0.25, 0.3) is 0 Å². The van der Waals surface area contributed by atoms with Crippen LogP contribution in [0.2, 0.25) is 0 Å². The van der Waals surface area contributed by atoms with Gasteiger partial charge < -0.3 is 10.2 Å². The molecule has 1 amide bonds. The molecule has 5 nitrogen and oxygen atoms in total. The molecule has 5 heteroatoms. The molecule has 2 aromatic carbocycles. The lowest BCUT2D eigenvalue weighted by molar-refractivity contribution is 0.0733. The van der Waals surface area contributed by atoms with Crippen LogP contribution in [0.5, 0.6) is 0 Å². The van der Waals surface area contributed by atoms with E-state index in [0.29, 0.717) is 36.2 Å². The predicted octanol–water partition coefficient (Wildman–Crippen LogP) is 3.24. The molecule has 0 atom stereocenters. The average molecular weight is 394 g/mol. The fraction of sp³-hybridized carbons (Fsp3) is 0.240. The maximum absolute atomic E-state index is 12.9. The van der Waals surface area contributed by atoms with Crippen LogP contribution in [0, 0.1) is 12.3 Å². The van der Waals surface area contributed by atoms with E-state index < -0.39 is 0 Å².